The monoisotopic (exact) mass is 339 g/mol. The number of nitrogens with one attached hydrogen (secondary N) is 1. The fourth-order valence-corrected chi connectivity index (χ4v) is 4.37. The summed E-state index contributed by atoms with van der Waals surface area (Å²) in [5, 5.41) is 8.57. The molecule has 1 saturated heterocycles. The van der Waals surface area contributed by atoms with Crippen molar-refractivity contribution in [1.82, 2.24) is 15.1 Å². The van der Waals surface area contributed by atoms with E-state index in [4.69, 9.17) is 0 Å². The lowest BCUT2D eigenvalue weighted by Crippen LogP contribution is -2.39. The maximum absolute atomic E-state index is 12.5. The van der Waals surface area contributed by atoms with Crippen LogP contribution in [0, 0.1) is 0 Å². The van der Waals surface area contributed by atoms with E-state index >= 15 is 0 Å². The third-order valence-electron chi connectivity index (χ3n) is 3.88. The Morgan fingerprint density at radius 3 is 3.00 bits per heavy atom. The van der Waals surface area contributed by atoms with E-state index < -0.39 is 9.84 Å². The van der Waals surface area contributed by atoms with E-state index in [9.17, 15) is 13.2 Å². The summed E-state index contributed by atoms with van der Waals surface area (Å²) >= 11 is 1.42. The van der Waals surface area contributed by atoms with Crippen molar-refractivity contribution in [3.05, 3.63) is 34.3 Å². The molecular formula is C14H17N3O3S2. The van der Waals surface area contributed by atoms with E-state index in [2.05, 4.69) is 10.2 Å². The normalized spacial score (nSPS) is 19.3. The highest BCUT2D eigenvalue weighted by atomic mass is 32.2. The minimum Gasteiger partial charge on any atom is -0.337 e. The Labute approximate surface area is 133 Å². The van der Waals surface area contributed by atoms with Crippen LogP contribution in [0.4, 0.5) is 0 Å². The molecule has 2 aromatic heterocycles. The lowest BCUT2D eigenvalue weighted by Gasteiger charge is -2.32. The number of sulfone groups is 1. The van der Waals surface area contributed by atoms with Gasteiger partial charge in [0.25, 0.3) is 5.91 Å². The summed E-state index contributed by atoms with van der Waals surface area (Å²) < 4.78 is 23.6. The number of likely N-dealkylation sites (tertiary alicyclic amines) is 1. The zero-order valence-corrected chi connectivity index (χ0v) is 13.8. The maximum Gasteiger partial charge on any atom is 0.263 e. The van der Waals surface area contributed by atoms with Crippen molar-refractivity contribution < 1.29 is 13.2 Å². The second-order valence-corrected chi connectivity index (χ2v) is 8.42. The second-order valence-electron chi connectivity index (χ2n) is 5.49. The van der Waals surface area contributed by atoms with E-state index in [1.54, 1.807) is 4.90 Å². The number of carbonyl (C=O) groups is 1. The molecule has 0 aliphatic carbocycles. The van der Waals surface area contributed by atoms with Crippen molar-refractivity contribution >= 4 is 27.1 Å². The van der Waals surface area contributed by atoms with Gasteiger partial charge in [-0.2, -0.15) is 5.10 Å². The van der Waals surface area contributed by atoms with Crippen LogP contribution in [0.1, 0.15) is 34.1 Å². The van der Waals surface area contributed by atoms with Crippen molar-refractivity contribution in [3.8, 4) is 0 Å². The van der Waals surface area contributed by atoms with Crippen LogP contribution >= 0.6 is 11.3 Å². The summed E-state index contributed by atoms with van der Waals surface area (Å²) in [5.41, 5.74) is 0.617. The molecule has 0 radical (unpaired) electrons. The second kappa shape index (κ2) is 5.85. The number of amides is 1. The summed E-state index contributed by atoms with van der Waals surface area (Å²) in [6.45, 7) is 1.22. The van der Waals surface area contributed by atoms with Gasteiger partial charge in [-0.25, -0.2) is 8.42 Å². The van der Waals surface area contributed by atoms with Crippen LogP contribution < -0.4 is 0 Å². The molecule has 3 heterocycles. The van der Waals surface area contributed by atoms with Crippen molar-refractivity contribution in [2.45, 2.75) is 23.7 Å². The average Bonchev–Trinajstić information content (AvgIpc) is 3.17. The first-order chi connectivity index (χ1) is 10.5. The zero-order valence-electron chi connectivity index (χ0n) is 12.2. The van der Waals surface area contributed by atoms with Gasteiger partial charge in [0, 0.05) is 25.3 Å². The Kier molecular flexibility index (Phi) is 4.05. The molecule has 1 fully saturated rings. The molecule has 8 heteroatoms. The quantitative estimate of drug-likeness (QED) is 0.926. The number of hydrogen-bond donors (Lipinski definition) is 1. The minimum atomic E-state index is -3.32. The van der Waals surface area contributed by atoms with Gasteiger partial charge < -0.3 is 4.90 Å². The Balaban J connectivity index is 1.82. The topological polar surface area (TPSA) is 83.1 Å². The molecule has 1 atom stereocenters. The Bertz CT molecular complexity index is 765. The smallest absolute Gasteiger partial charge is 0.263 e. The van der Waals surface area contributed by atoms with E-state index in [1.807, 2.05) is 17.5 Å². The average molecular weight is 339 g/mol. The van der Waals surface area contributed by atoms with Gasteiger partial charge in [-0.15, -0.1) is 11.3 Å². The number of hydrogen-bond acceptors (Lipinski definition) is 5. The number of carbonyl (C=O) groups excluding carboxylic acids is 1. The fraction of sp³-hybridized carbons (Fsp3) is 0.429. The molecule has 22 heavy (non-hydrogen) atoms. The molecule has 1 amide bonds. The van der Waals surface area contributed by atoms with Gasteiger partial charge in [0.1, 0.15) is 4.90 Å². The van der Waals surface area contributed by atoms with Gasteiger partial charge >= 0.3 is 0 Å². The van der Waals surface area contributed by atoms with E-state index in [1.165, 1.54) is 23.8 Å². The molecule has 6 nitrogen and oxygen atoms in total. The number of rotatable bonds is 3. The number of aromatic nitrogens is 2. The predicted molar refractivity (Wildman–Crippen MR) is 83.9 cm³/mol. The Morgan fingerprint density at radius 2 is 2.32 bits per heavy atom. The van der Waals surface area contributed by atoms with Crippen molar-refractivity contribution in [2.75, 3.05) is 19.3 Å². The third kappa shape index (κ3) is 2.93. The van der Waals surface area contributed by atoms with Crippen LogP contribution in [-0.2, 0) is 9.84 Å². The van der Waals surface area contributed by atoms with E-state index in [0.717, 1.165) is 12.8 Å². The van der Waals surface area contributed by atoms with Gasteiger partial charge in [0.15, 0.2) is 9.84 Å². The molecule has 1 aliphatic rings. The predicted octanol–water partition coefficient (Wildman–Crippen LogP) is 1.89. The first kappa shape index (κ1) is 15.2. The molecular weight excluding hydrogens is 322 g/mol. The number of H-pyrrole nitrogens is 1. The van der Waals surface area contributed by atoms with E-state index in [-0.39, 0.29) is 16.7 Å². The molecule has 0 spiro atoms. The van der Waals surface area contributed by atoms with Gasteiger partial charge in [-0.3, -0.25) is 9.89 Å². The van der Waals surface area contributed by atoms with Gasteiger partial charge in [-0.1, -0.05) is 6.07 Å². The Hall–Kier alpha value is -1.67. The lowest BCUT2D eigenvalue weighted by atomic mass is 9.95. The number of piperidine rings is 1. The first-order valence-corrected chi connectivity index (χ1v) is 9.80. The molecule has 1 unspecified atom stereocenters. The number of aromatic amines is 1. The van der Waals surface area contributed by atoms with Crippen LogP contribution in [0.2, 0.25) is 0 Å². The molecule has 2 aromatic rings. The summed E-state index contributed by atoms with van der Waals surface area (Å²) in [6, 6.07) is 3.67. The highest BCUT2D eigenvalue weighted by Crippen LogP contribution is 2.30. The molecule has 118 valence electrons. The number of thiophene rings is 1. The van der Waals surface area contributed by atoms with Crippen LogP contribution in [0.5, 0.6) is 0 Å². The molecule has 0 aromatic carbocycles. The standard InChI is InChI=1S/C14H17N3O3S2/c1-22(19,20)12-8-15-16-13(12)10-4-2-6-17(9-10)14(18)11-5-3-7-21-11/h3,5,7-8,10H,2,4,6,9H2,1H3,(H,15,16). The molecule has 1 aliphatic heterocycles. The van der Waals surface area contributed by atoms with Gasteiger partial charge in [-0.05, 0) is 24.3 Å². The number of nitrogens with zero attached hydrogens (tertiary/aromatic N) is 2. The van der Waals surface area contributed by atoms with Crippen molar-refractivity contribution in [3.63, 3.8) is 0 Å². The summed E-state index contributed by atoms with van der Waals surface area (Å²) in [4.78, 5) is 15.2. The third-order valence-corrected chi connectivity index (χ3v) is 5.86. The van der Waals surface area contributed by atoms with Gasteiger partial charge in [0.05, 0.1) is 16.8 Å². The summed E-state index contributed by atoms with van der Waals surface area (Å²) in [7, 11) is -3.32. The molecule has 1 N–H and O–H groups in total. The first-order valence-electron chi connectivity index (χ1n) is 7.03. The Morgan fingerprint density at radius 1 is 1.50 bits per heavy atom. The molecule has 3 rings (SSSR count). The largest absolute Gasteiger partial charge is 0.337 e. The fourth-order valence-electron chi connectivity index (χ4n) is 2.83. The van der Waals surface area contributed by atoms with E-state index in [0.29, 0.717) is 23.7 Å². The highest BCUT2D eigenvalue weighted by Gasteiger charge is 2.30. The van der Waals surface area contributed by atoms with Crippen molar-refractivity contribution in [1.29, 1.82) is 0 Å². The summed E-state index contributed by atoms with van der Waals surface area (Å²) in [5.74, 6) is -0.00925. The van der Waals surface area contributed by atoms with Crippen LogP contribution in [0.25, 0.3) is 0 Å². The van der Waals surface area contributed by atoms with Crippen LogP contribution in [0.15, 0.2) is 28.6 Å². The molecule has 0 bridgehead atoms. The highest BCUT2D eigenvalue weighted by molar-refractivity contribution is 7.90. The van der Waals surface area contributed by atoms with Crippen LogP contribution in [-0.4, -0.2) is 48.8 Å². The zero-order chi connectivity index (χ0) is 15.7. The molecule has 0 saturated carbocycles. The minimum absolute atomic E-state index is 0.0140. The van der Waals surface area contributed by atoms with Crippen molar-refractivity contribution in [2.24, 2.45) is 0 Å². The SMILES string of the molecule is CS(=O)(=O)c1cn[nH]c1C1CCCN(C(=O)c2cccs2)C1. The van der Waals surface area contributed by atoms with Crippen LogP contribution in [0.3, 0.4) is 0 Å². The lowest BCUT2D eigenvalue weighted by molar-refractivity contribution is 0.0710. The summed E-state index contributed by atoms with van der Waals surface area (Å²) in [6.07, 6.45) is 4.23. The maximum atomic E-state index is 12.5. The van der Waals surface area contributed by atoms with Gasteiger partial charge in [0.2, 0.25) is 0 Å².